The summed E-state index contributed by atoms with van der Waals surface area (Å²) in [6, 6.07) is 12.9. The Bertz CT molecular complexity index is 1860. The molecule has 14 nitrogen and oxygen atoms in total. The van der Waals surface area contributed by atoms with E-state index < -0.39 is 11.8 Å². The largest absolute Gasteiger partial charge is 0.388 e. The second-order valence-electron chi connectivity index (χ2n) is 12.0. The summed E-state index contributed by atoms with van der Waals surface area (Å²) in [5.74, 6) is -0.368. The van der Waals surface area contributed by atoms with Crippen molar-refractivity contribution in [3.63, 3.8) is 0 Å². The lowest BCUT2D eigenvalue weighted by Crippen LogP contribution is -2.28. The fourth-order valence-electron chi connectivity index (χ4n) is 5.49. The Labute approximate surface area is 306 Å². The molecule has 0 saturated heterocycles. The van der Waals surface area contributed by atoms with Crippen molar-refractivity contribution in [1.29, 1.82) is 5.41 Å². The highest BCUT2D eigenvalue weighted by atomic mass is 35.5. The van der Waals surface area contributed by atoms with Crippen molar-refractivity contribution < 1.29 is 19.2 Å². The zero-order chi connectivity index (χ0) is 37.1. The van der Waals surface area contributed by atoms with E-state index in [1.54, 1.807) is 71.6 Å². The number of halogens is 2. The van der Waals surface area contributed by atoms with Crippen LogP contribution in [0, 0.1) is 5.41 Å². The van der Waals surface area contributed by atoms with Crippen LogP contribution in [0.5, 0.6) is 0 Å². The number of rotatable bonds is 18. The topological polar surface area (TPSA) is 184 Å². The van der Waals surface area contributed by atoms with E-state index in [9.17, 15) is 19.2 Å². The number of alkyl halides is 2. The van der Waals surface area contributed by atoms with Crippen molar-refractivity contribution in [3.05, 3.63) is 83.7 Å². The molecule has 1 aromatic carbocycles. The number of aromatic nitrogens is 3. The van der Waals surface area contributed by atoms with Gasteiger partial charge in [0, 0.05) is 89.7 Å². The third kappa shape index (κ3) is 10.9. The van der Waals surface area contributed by atoms with Crippen LogP contribution in [0.1, 0.15) is 56.3 Å². The van der Waals surface area contributed by atoms with E-state index in [1.807, 2.05) is 12.1 Å². The first-order valence-electron chi connectivity index (χ1n) is 16.4. The molecule has 4 amide bonds. The summed E-state index contributed by atoms with van der Waals surface area (Å²) in [4.78, 5) is 53.6. The van der Waals surface area contributed by atoms with Crippen LogP contribution in [0.25, 0.3) is 0 Å². The van der Waals surface area contributed by atoms with Crippen LogP contribution < -0.4 is 31.9 Å². The highest BCUT2D eigenvalue weighted by Gasteiger charge is 2.19. The van der Waals surface area contributed by atoms with Gasteiger partial charge in [0.25, 0.3) is 17.7 Å². The van der Waals surface area contributed by atoms with Crippen LogP contribution in [-0.4, -0.2) is 74.6 Å². The molecule has 51 heavy (non-hydrogen) atoms. The van der Waals surface area contributed by atoms with Gasteiger partial charge in [-0.1, -0.05) is 12.1 Å². The molecule has 0 atom stereocenters. The number of amidine groups is 1. The van der Waals surface area contributed by atoms with Crippen LogP contribution in [0.2, 0.25) is 0 Å². The minimum atomic E-state index is -0.441. The van der Waals surface area contributed by atoms with Gasteiger partial charge in [0.1, 0.15) is 17.1 Å². The average Bonchev–Trinajstić information content (AvgIpc) is 3.75. The number of hydrogen-bond acceptors (Lipinski definition) is 6. The first-order valence-corrected chi connectivity index (χ1v) is 17.4. The lowest BCUT2D eigenvalue weighted by molar-refractivity contribution is -0.116. The molecule has 0 fully saturated rings. The second kappa shape index (κ2) is 18.2. The van der Waals surface area contributed by atoms with Gasteiger partial charge in [-0.15, -0.1) is 23.2 Å². The van der Waals surface area contributed by atoms with E-state index in [4.69, 9.17) is 34.3 Å². The zero-order valence-electron chi connectivity index (χ0n) is 28.9. The number of aryl methyl sites for hydroxylation is 4. The molecule has 0 bridgehead atoms. The number of nitrogens with one attached hydrogen (secondary N) is 5. The normalized spacial score (nSPS) is 10.8. The van der Waals surface area contributed by atoms with Gasteiger partial charge in [-0.3, -0.25) is 24.6 Å². The van der Waals surface area contributed by atoms with Gasteiger partial charge in [0.2, 0.25) is 5.91 Å². The quantitative estimate of drug-likeness (QED) is 0.0496. The summed E-state index contributed by atoms with van der Waals surface area (Å²) in [6.07, 6.45) is 6.83. The van der Waals surface area contributed by atoms with Crippen molar-refractivity contribution in [3.8, 4) is 0 Å². The highest BCUT2D eigenvalue weighted by Crippen LogP contribution is 2.21. The third-order valence-corrected chi connectivity index (χ3v) is 8.41. The fourth-order valence-corrected chi connectivity index (χ4v) is 5.90. The lowest BCUT2D eigenvalue weighted by atomic mass is 10.1. The van der Waals surface area contributed by atoms with Crippen molar-refractivity contribution in [2.75, 3.05) is 52.2 Å². The number of benzene rings is 1. The van der Waals surface area contributed by atoms with E-state index in [2.05, 4.69) is 38.3 Å². The fraction of sp³-hybridized carbons (Fsp3) is 0.343. The molecule has 4 rings (SSSR count). The van der Waals surface area contributed by atoms with Crippen LogP contribution in [-0.2, 0) is 32.4 Å². The second-order valence-corrected chi connectivity index (χ2v) is 12.8. The lowest BCUT2D eigenvalue weighted by Gasteiger charge is -2.23. The summed E-state index contributed by atoms with van der Waals surface area (Å²) in [5, 5.41) is 18.4. The molecule has 0 radical (unpaired) electrons. The number of anilines is 4. The Morgan fingerprint density at radius 2 is 1.20 bits per heavy atom. The minimum absolute atomic E-state index is 0.0266. The number of amides is 4. The van der Waals surface area contributed by atoms with E-state index in [-0.39, 0.29) is 36.3 Å². The molecule has 4 aromatic rings. The molecule has 7 N–H and O–H groups in total. The Balaban J connectivity index is 1.28. The number of hydrogen-bond donors (Lipinski definition) is 6. The first-order chi connectivity index (χ1) is 24.4. The van der Waals surface area contributed by atoms with E-state index in [0.29, 0.717) is 53.1 Å². The minimum Gasteiger partial charge on any atom is -0.388 e. The van der Waals surface area contributed by atoms with Crippen LogP contribution in [0.3, 0.4) is 0 Å². The van der Waals surface area contributed by atoms with Crippen molar-refractivity contribution in [2.45, 2.75) is 25.7 Å². The maximum Gasteiger partial charge on any atom is 0.272 e. The van der Waals surface area contributed by atoms with Crippen LogP contribution >= 0.6 is 23.2 Å². The molecule has 3 heterocycles. The maximum atomic E-state index is 13.2. The predicted octanol–water partition coefficient (Wildman–Crippen LogP) is 4.51. The standard InChI is InChI=1S/C35H44Cl2N10O4/c1-44-21-25(18-28(44)33(49)40-14-11-31(38)39)42-35(51)30-19-26(22-46(30)3)43-34(50)29-17-24(20-45(29)2)41-32(48)6-4-5-23-7-9-27(10-8-23)47(15-12-36)16-13-37/h7-10,17-22H,4-6,11-16H2,1-3H3,(H3,38,39)(H,40,49)(H,41,48)(H,42,51)(H,43,50). The first kappa shape index (κ1) is 38.6. The molecular weight excluding hydrogens is 695 g/mol. The predicted molar refractivity (Wildman–Crippen MR) is 203 cm³/mol. The summed E-state index contributed by atoms with van der Waals surface area (Å²) in [6.45, 7) is 1.66. The molecule has 3 aromatic heterocycles. The molecular formula is C35H44Cl2N10O4. The molecule has 0 aliphatic carbocycles. The van der Waals surface area contributed by atoms with E-state index in [1.165, 1.54) is 0 Å². The summed E-state index contributed by atoms with van der Waals surface area (Å²) < 4.78 is 4.77. The molecule has 0 spiro atoms. The molecule has 0 aliphatic rings. The van der Waals surface area contributed by atoms with Gasteiger partial charge in [0.15, 0.2) is 0 Å². The van der Waals surface area contributed by atoms with Crippen molar-refractivity contribution in [2.24, 2.45) is 26.9 Å². The molecule has 272 valence electrons. The number of carbonyl (C=O) groups excluding carboxylic acids is 4. The van der Waals surface area contributed by atoms with Gasteiger partial charge in [0.05, 0.1) is 22.9 Å². The Kier molecular flexibility index (Phi) is 13.7. The smallest absolute Gasteiger partial charge is 0.272 e. The van der Waals surface area contributed by atoms with Gasteiger partial charge in [-0.2, -0.15) is 0 Å². The van der Waals surface area contributed by atoms with Crippen LogP contribution in [0.4, 0.5) is 22.7 Å². The number of nitrogens with two attached hydrogens (primary N) is 1. The molecule has 0 saturated carbocycles. The van der Waals surface area contributed by atoms with E-state index >= 15 is 0 Å². The van der Waals surface area contributed by atoms with Gasteiger partial charge in [-0.25, -0.2) is 0 Å². The van der Waals surface area contributed by atoms with Crippen molar-refractivity contribution in [1.82, 2.24) is 19.0 Å². The van der Waals surface area contributed by atoms with Crippen molar-refractivity contribution >= 4 is 75.4 Å². The molecule has 0 aliphatic heterocycles. The number of nitrogens with zero attached hydrogens (tertiary/aromatic N) is 4. The summed E-state index contributed by atoms with van der Waals surface area (Å²) in [7, 11) is 5.06. The maximum absolute atomic E-state index is 13.2. The highest BCUT2D eigenvalue weighted by molar-refractivity contribution is 6.18. The summed E-state index contributed by atoms with van der Waals surface area (Å²) in [5.41, 5.74) is 9.74. The Hall–Kier alpha value is -5.21. The average molecular weight is 740 g/mol. The van der Waals surface area contributed by atoms with Gasteiger partial charge in [-0.05, 0) is 48.7 Å². The monoisotopic (exact) mass is 738 g/mol. The van der Waals surface area contributed by atoms with Crippen LogP contribution in [0.15, 0.2) is 61.1 Å². The molecule has 16 heteroatoms. The third-order valence-electron chi connectivity index (χ3n) is 8.07. The SMILES string of the molecule is Cn1cc(NC(=O)c2cc(NC(=O)c3cc(NC(=O)CCCc4ccc(N(CCCl)CCCl)cc4)cn3C)cn2C)cc1C(=O)NCCC(=N)N. The summed E-state index contributed by atoms with van der Waals surface area (Å²) >= 11 is 11.8. The van der Waals surface area contributed by atoms with Gasteiger partial charge < -0.3 is 45.6 Å². The van der Waals surface area contributed by atoms with Gasteiger partial charge >= 0.3 is 0 Å². The van der Waals surface area contributed by atoms with E-state index in [0.717, 1.165) is 30.8 Å². The Morgan fingerprint density at radius 3 is 1.67 bits per heavy atom. The molecule has 0 unspecified atom stereocenters. The zero-order valence-corrected chi connectivity index (χ0v) is 30.4. The number of carbonyl (C=O) groups is 4. The Morgan fingerprint density at radius 1 is 0.725 bits per heavy atom.